The van der Waals surface area contributed by atoms with Gasteiger partial charge in [0.25, 0.3) is 0 Å². The van der Waals surface area contributed by atoms with Crippen LogP contribution in [0.2, 0.25) is 0 Å². The van der Waals surface area contributed by atoms with Crippen molar-refractivity contribution in [3.8, 4) is 0 Å². The predicted octanol–water partition coefficient (Wildman–Crippen LogP) is 2.33. The molecule has 3 rings (SSSR count). The summed E-state index contributed by atoms with van der Waals surface area (Å²) in [7, 11) is 0. The zero-order valence-electron chi connectivity index (χ0n) is 9.60. The first-order valence-electron chi connectivity index (χ1n) is 5.79. The molecule has 0 spiro atoms. The zero-order chi connectivity index (χ0) is 12.4. The van der Waals surface area contributed by atoms with Crippen LogP contribution in [-0.2, 0) is 0 Å². The van der Waals surface area contributed by atoms with Crippen molar-refractivity contribution in [2.45, 2.75) is 18.9 Å². The number of benzene rings is 1. The van der Waals surface area contributed by atoms with Crippen molar-refractivity contribution in [3.63, 3.8) is 0 Å². The second-order valence-electron chi connectivity index (χ2n) is 4.19. The van der Waals surface area contributed by atoms with Crippen molar-refractivity contribution in [1.82, 2.24) is 15.2 Å². The van der Waals surface area contributed by atoms with E-state index >= 15 is 0 Å². The van der Waals surface area contributed by atoms with Gasteiger partial charge in [-0.2, -0.15) is 10.1 Å². The lowest BCUT2D eigenvalue weighted by atomic mass is 10.3. The normalized spacial score (nSPS) is 14.3. The summed E-state index contributed by atoms with van der Waals surface area (Å²) in [6, 6.07) is 6.88. The van der Waals surface area contributed by atoms with Gasteiger partial charge in [-0.3, -0.25) is 0 Å². The lowest BCUT2D eigenvalue weighted by Crippen LogP contribution is -2.08. The minimum absolute atomic E-state index is 0.326. The van der Waals surface area contributed by atoms with E-state index in [2.05, 4.69) is 25.8 Å². The fourth-order valence-corrected chi connectivity index (χ4v) is 1.54. The van der Waals surface area contributed by atoms with E-state index in [1.54, 1.807) is 18.2 Å². The number of hydrogen-bond acceptors (Lipinski definition) is 5. The summed E-state index contributed by atoms with van der Waals surface area (Å²) >= 11 is 0. The van der Waals surface area contributed by atoms with E-state index in [0.29, 0.717) is 23.5 Å². The van der Waals surface area contributed by atoms with Crippen molar-refractivity contribution >= 4 is 17.5 Å². The fourth-order valence-electron chi connectivity index (χ4n) is 1.54. The molecular weight excluding hydrogens is 233 g/mol. The molecule has 0 atom stereocenters. The maximum atomic E-state index is 13.5. The number of nitrogens with one attached hydrogen (secondary N) is 2. The summed E-state index contributed by atoms with van der Waals surface area (Å²) in [5.41, 5.74) is 0.371. The van der Waals surface area contributed by atoms with Gasteiger partial charge in [0.2, 0.25) is 5.95 Å². The Hall–Kier alpha value is -2.24. The van der Waals surface area contributed by atoms with Gasteiger partial charge in [-0.05, 0) is 25.0 Å². The van der Waals surface area contributed by atoms with Crippen LogP contribution >= 0.6 is 0 Å². The monoisotopic (exact) mass is 245 g/mol. The first-order valence-corrected chi connectivity index (χ1v) is 5.79. The minimum Gasteiger partial charge on any atom is -0.350 e. The fraction of sp³-hybridized carbons (Fsp3) is 0.250. The standard InChI is InChI=1S/C12H12FN5/c13-9-3-1-2-4-10(9)16-11-7-14-18-12(17-11)15-8-5-6-8/h1-4,7-8H,5-6H2,(H2,15,16,17,18). The van der Waals surface area contributed by atoms with E-state index in [1.807, 2.05) is 0 Å². The molecule has 6 heteroatoms. The van der Waals surface area contributed by atoms with Gasteiger partial charge in [-0.1, -0.05) is 12.1 Å². The van der Waals surface area contributed by atoms with Gasteiger partial charge in [0, 0.05) is 6.04 Å². The molecule has 0 radical (unpaired) electrons. The highest BCUT2D eigenvalue weighted by Crippen LogP contribution is 2.23. The van der Waals surface area contributed by atoms with Gasteiger partial charge < -0.3 is 10.6 Å². The van der Waals surface area contributed by atoms with Crippen LogP contribution < -0.4 is 10.6 Å². The average Bonchev–Trinajstić information content (AvgIpc) is 3.17. The molecule has 1 aromatic heterocycles. The van der Waals surface area contributed by atoms with Crippen LogP contribution in [0.15, 0.2) is 30.5 Å². The van der Waals surface area contributed by atoms with Gasteiger partial charge in [-0.15, -0.1) is 5.10 Å². The number of hydrogen-bond donors (Lipinski definition) is 2. The largest absolute Gasteiger partial charge is 0.350 e. The molecule has 0 bridgehead atoms. The highest BCUT2D eigenvalue weighted by Gasteiger charge is 2.22. The molecule has 5 nitrogen and oxygen atoms in total. The number of para-hydroxylation sites is 1. The Labute approximate surface area is 103 Å². The molecule has 1 aliphatic rings. The molecule has 0 saturated heterocycles. The van der Waals surface area contributed by atoms with Crippen LogP contribution in [0, 0.1) is 5.82 Å². The summed E-state index contributed by atoms with van der Waals surface area (Å²) in [5, 5.41) is 13.7. The van der Waals surface area contributed by atoms with E-state index in [1.165, 1.54) is 12.3 Å². The second-order valence-corrected chi connectivity index (χ2v) is 4.19. The van der Waals surface area contributed by atoms with Crippen LogP contribution in [0.1, 0.15) is 12.8 Å². The number of anilines is 3. The number of nitrogens with zero attached hydrogens (tertiary/aromatic N) is 3. The maximum Gasteiger partial charge on any atom is 0.244 e. The quantitative estimate of drug-likeness (QED) is 0.865. The smallest absolute Gasteiger partial charge is 0.244 e. The third-order valence-electron chi connectivity index (χ3n) is 2.61. The lowest BCUT2D eigenvalue weighted by Gasteiger charge is -2.07. The van der Waals surface area contributed by atoms with Crippen LogP contribution in [0.25, 0.3) is 0 Å². The molecule has 0 aliphatic heterocycles. The highest BCUT2D eigenvalue weighted by molar-refractivity contribution is 5.56. The third kappa shape index (κ3) is 2.53. The maximum absolute atomic E-state index is 13.5. The zero-order valence-corrected chi connectivity index (χ0v) is 9.60. The molecule has 2 aromatic rings. The summed E-state index contributed by atoms with van der Waals surface area (Å²) in [6.07, 6.45) is 3.73. The van der Waals surface area contributed by atoms with Crippen LogP contribution in [0.3, 0.4) is 0 Å². The lowest BCUT2D eigenvalue weighted by molar-refractivity contribution is 0.631. The molecule has 1 fully saturated rings. The summed E-state index contributed by atoms with van der Waals surface area (Å²) < 4.78 is 13.5. The van der Waals surface area contributed by atoms with Crippen LogP contribution in [-0.4, -0.2) is 21.2 Å². The Balaban J connectivity index is 1.77. The molecule has 0 unspecified atom stereocenters. The molecule has 0 amide bonds. The van der Waals surface area contributed by atoms with Crippen molar-refractivity contribution in [3.05, 3.63) is 36.3 Å². The Kier molecular flexibility index (Phi) is 2.76. The molecular formula is C12H12FN5. The van der Waals surface area contributed by atoms with Gasteiger partial charge in [-0.25, -0.2) is 4.39 Å². The number of aromatic nitrogens is 3. The first-order chi connectivity index (χ1) is 8.81. The molecule has 18 heavy (non-hydrogen) atoms. The van der Waals surface area contributed by atoms with Crippen LogP contribution in [0.5, 0.6) is 0 Å². The van der Waals surface area contributed by atoms with Gasteiger partial charge in [0.15, 0.2) is 5.82 Å². The Morgan fingerprint density at radius 1 is 1.22 bits per heavy atom. The van der Waals surface area contributed by atoms with E-state index in [-0.39, 0.29) is 5.82 Å². The Morgan fingerprint density at radius 2 is 2.06 bits per heavy atom. The van der Waals surface area contributed by atoms with E-state index < -0.39 is 0 Å². The minimum atomic E-state index is -0.326. The van der Waals surface area contributed by atoms with Gasteiger partial charge in [0.05, 0.1) is 11.9 Å². The summed E-state index contributed by atoms with van der Waals surface area (Å²) in [5.74, 6) is 0.616. The van der Waals surface area contributed by atoms with Crippen molar-refractivity contribution in [1.29, 1.82) is 0 Å². The van der Waals surface area contributed by atoms with Gasteiger partial charge in [0.1, 0.15) is 5.82 Å². The second kappa shape index (κ2) is 4.56. The van der Waals surface area contributed by atoms with E-state index in [9.17, 15) is 4.39 Å². The van der Waals surface area contributed by atoms with Crippen LogP contribution in [0.4, 0.5) is 21.8 Å². The average molecular weight is 245 g/mol. The van der Waals surface area contributed by atoms with E-state index in [4.69, 9.17) is 0 Å². The SMILES string of the molecule is Fc1ccccc1Nc1cnnc(NC2CC2)n1. The molecule has 1 aliphatic carbocycles. The first kappa shape index (κ1) is 10.9. The predicted molar refractivity (Wildman–Crippen MR) is 66.2 cm³/mol. The number of rotatable bonds is 4. The third-order valence-corrected chi connectivity index (χ3v) is 2.61. The Morgan fingerprint density at radius 3 is 2.83 bits per heavy atom. The summed E-state index contributed by atoms with van der Waals surface area (Å²) in [4.78, 5) is 4.23. The van der Waals surface area contributed by atoms with Gasteiger partial charge >= 0.3 is 0 Å². The Bertz CT molecular complexity index is 556. The molecule has 1 aromatic carbocycles. The topological polar surface area (TPSA) is 62.7 Å². The molecule has 2 N–H and O–H groups in total. The molecule has 1 heterocycles. The van der Waals surface area contributed by atoms with Crippen molar-refractivity contribution < 1.29 is 4.39 Å². The number of halogens is 1. The van der Waals surface area contributed by atoms with E-state index in [0.717, 1.165) is 12.8 Å². The molecule has 1 saturated carbocycles. The van der Waals surface area contributed by atoms with Crippen molar-refractivity contribution in [2.24, 2.45) is 0 Å². The van der Waals surface area contributed by atoms with Crippen molar-refractivity contribution in [2.75, 3.05) is 10.6 Å². The highest BCUT2D eigenvalue weighted by atomic mass is 19.1. The molecule has 92 valence electrons. The summed E-state index contributed by atoms with van der Waals surface area (Å²) in [6.45, 7) is 0.